The predicted octanol–water partition coefficient (Wildman–Crippen LogP) is 6.49. The maximum Gasteiger partial charge on any atom is 0.0470 e. The number of hydrogen-bond donors (Lipinski definition) is 2. The lowest BCUT2D eigenvalue weighted by Crippen LogP contribution is -2.20. The number of H-pyrrole nitrogens is 1. The number of allylic oxidation sites excluding steroid dienone is 1. The van der Waals surface area contributed by atoms with E-state index in [9.17, 15) is 0 Å². The maximum absolute atomic E-state index is 4.03. The van der Waals surface area contributed by atoms with Crippen LogP contribution in [-0.4, -0.2) is 11.5 Å². The quantitative estimate of drug-likeness (QED) is 0.296. The molecule has 4 heteroatoms. The summed E-state index contributed by atoms with van der Waals surface area (Å²) in [4.78, 5) is 3.63. The fourth-order valence-electron chi connectivity index (χ4n) is 3.23. The Labute approximate surface area is 172 Å². The zero-order valence-electron chi connectivity index (χ0n) is 15.2. The van der Waals surface area contributed by atoms with Crippen LogP contribution in [0.3, 0.4) is 0 Å². The van der Waals surface area contributed by atoms with Gasteiger partial charge in [-0.25, -0.2) is 0 Å². The molecule has 136 valence electrons. The van der Waals surface area contributed by atoms with Crippen molar-refractivity contribution in [2.75, 3.05) is 6.54 Å². The number of rotatable bonds is 7. The smallest absolute Gasteiger partial charge is 0.0470 e. The summed E-state index contributed by atoms with van der Waals surface area (Å²) in [6.45, 7) is 10.2. The van der Waals surface area contributed by atoms with Gasteiger partial charge in [0, 0.05) is 37.5 Å². The summed E-state index contributed by atoms with van der Waals surface area (Å²) in [5, 5.41) is 4.86. The highest BCUT2D eigenvalue weighted by Crippen LogP contribution is 2.33. The van der Waals surface area contributed by atoms with Gasteiger partial charge < -0.3 is 10.3 Å². The third-order valence-corrected chi connectivity index (χ3v) is 5.78. The molecule has 1 heterocycles. The lowest BCUT2D eigenvalue weighted by atomic mass is 9.86. The van der Waals surface area contributed by atoms with Crippen LogP contribution in [0, 0.1) is 0 Å². The van der Waals surface area contributed by atoms with Gasteiger partial charge in [-0.15, -0.1) is 6.58 Å². The van der Waals surface area contributed by atoms with Crippen LogP contribution in [0.25, 0.3) is 10.9 Å². The molecule has 0 saturated carbocycles. The molecule has 0 bridgehead atoms. The zero-order chi connectivity index (χ0) is 18.7. The summed E-state index contributed by atoms with van der Waals surface area (Å²) < 4.78 is 2.21. The van der Waals surface area contributed by atoms with E-state index in [4.69, 9.17) is 0 Å². The fraction of sp³-hybridized carbons (Fsp3) is 0.273. The van der Waals surface area contributed by atoms with Crippen LogP contribution < -0.4 is 5.32 Å². The number of aromatic amines is 1. The maximum atomic E-state index is 4.03. The number of halogens is 2. The number of fused-ring (bicyclic) bond motifs is 1. The Balaban J connectivity index is 1.79. The van der Waals surface area contributed by atoms with Crippen LogP contribution >= 0.6 is 31.9 Å². The van der Waals surface area contributed by atoms with E-state index < -0.39 is 0 Å². The summed E-state index contributed by atoms with van der Waals surface area (Å²) in [6, 6.07) is 14.9. The lowest BCUT2D eigenvalue weighted by Gasteiger charge is -2.21. The van der Waals surface area contributed by atoms with Gasteiger partial charge in [0.1, 0.15) is 0 Å². The summed E-state index contributed by atoms with van der Waals surface area (Å²) >= 11 is 7.10. The molecule has 0 fully saturated rings. The molecule has 0 aliphatic heterocycles. The number of hydrogen-bond acceptors (Lipinski definition) is 1. The van der Waals surface area contributed by atoms with Gasteiger partial charge in [0.2, 0.25) is 0 Å². The zero-order valence-corrected chi connectivity index (χ0v) is 18.4. The molecule has 3 aromatic rings. The van der Waals surface area contributed by atoms with Crippen LogP contribution in [0.15, 0.2) is 64.1 Å². The molecule has 0 amide bonds. The van der Waals surface area contributed by atoms with Crippen molar-refractivity contribution in [3.8, 4) is 0 Å². The molecule has 0 spiro atoms. The number of benzene rings is 2. The van der Waals surface area contributed by atoms with E-state index in [1.54, 1.807) is 0 Å². The average Bonchev–Trinajstić information content (AvgIpc) is 2.97. The van der Waals surface area contributed by atoms with Gasteiger partial charge in [-0.05, 0) is 48.4 Å². The van der Waals surface area contributed by atoms with E-state index in [2.05, 4.69) is 105 Å². The minimum atomic E-state index is -0.0921. The Bertz CT molecular complexity index is 925. The molecule has 0 aliphatic carbocycles. The first kappa shape index (κ1) is 19.4. The highest BCUT2D eigenvalue weighted by molar-refractivity contribution is 9.10. The monoisotopic (exact) mass is 474 g/mol. The molecule has 0 radical (unpaired) electrons. The van der Waals surface area contributed by atoms with Crippen molar-refractivity contribution in [2.24, 2.45) is 0 Å². The SMILES string of the molecule is C=CC(C)(C)c1[nH]c2cc(Br)ccc2c1CCNCc1cccc(Br)c1. The van der Waals surface area contributed by atoms with Gasteiger partial charge in [0.15, 0.2) is 0 Å². The standard InChI is InChI=1S/C22H24Br2N2/c1-4-22(2,3)21-19(18-9-8-17(24)13-20(18)26-21)10-11-25-14-15-6-5-7-16(23)12-15/h4-9,12-13,25-26H,1,10-11,14H2,2-3H3. The number of nitrogens with one attached hydrogen (secondary N) is 2. The third-order valence-electron chi connectivity index (χ3n) is 4.79. The average molecular weight is 476 g/mol. The fourth-order valence-corrected chi connectivity index (χ4v) is 4.04. The van der Waals surface area contributed by atoms with Gasteiger partial charge in [-0.3, -0.25) is 0 Å². The second-order valence-electron chi connectivity index (χ2n) is 7.15. The van der Waals surface area contributed by atoms with Crippen molar-refractivity contribution in [2.45, 2.75) is 32.2 Å². The highest BCUT2D eigenvalue weighted by Gasteiger charge is 2.23. The van der Waals surface area contributed by atoms with Crippen LogP contribution in [0.4, 0.5) is 0 Å². The van der Waals surface area contributed by atoms with E-state index in [0.717, 1.165) is 28.5 Å². The van der Waals surface area contributed by atoms with Crippen molar-refractivity contribution >= 4 is 42.8 Å². The van der Waals surface area contributed by atoms with Crippen molar-refractivity contribution in [3.63, 3.8) is 0 Å². The second-order valence-corrected chi connectivity index (χ2v) is 8.98. The van der Waals surface area contributed by atoms with E-state index in [-0.39, 0.29) is 5.41 Å². The van der Waals surface area contributed by atoms with Crippen molar-refractivity contribution in [3.05, 3.63) is 80.9 Å². The largest absolute Gasteiger partial charge is 0.357 e. The molecule has 0 saturated heterocycles. The first-order valence-corrected chi connectivity index (χ1v) is 10.4. The first-order valence-electron chi connectivity index (χ1n) is 8.80. The third kappa shape index (κ3) is 4.30. The number of aromatic nitrogens is 1. The van der Waals surface area contributed by atoms with Gasteiger partial charge in [0.25, 0.3) is 0 Å². The topological polar surface area (TPSA) is 27.8 Å². The lowest BCUT2D eigenvalue weighted by molar-refractivity contribution is 0.630. The van der Waals surface area contributed by atoms with Crippen molar-refractivity contribution < 1.29 is 0 Å². The van der Waals surface area contributed by atoms with Crippen molar-refractivity contribution in [1.82, 2.24) is 10.3 Å². The summed E-state index contributed by atoms with van der Waals surface area (Å²) in [5.41, 5.74) is 5.00. The van der Waals surface area contributed by atoms with Crippen LogP contribution in [0.2, 0.25) is 0 Å². The summed E-state index contributed by atoms with van der Waals surface area (Å²) in [5.74, 6) is 0. The Morgan fingerprint density at radius 1 is 1.12 bits per heavy atom. The van der Waals surface area contributed by atoms with Gasteiger partial charge in [-0.1, -0.05) is 70.0 Å². The molecule has 2 nitrogen and oxygen atoms in total. The Morgan fingerprint density at radius 2 is 1.88 bits per heavy atom. The van der Waals surface area contributed by atoms with E-state index in [0.29, 0.717) is 0 Å². The first-order chi connectivity index (χ1) is 12.4. The normalized spacial score (nSPS) is 11.8. The van der Waals surface area contributed by atoms with Gasteiger partial charge in [0.05, 0.1) is 0 Å². The minimum absolute atomic E-state index is 0.0921. The molecule has 0 aliphatic rings. The Kier molecular flexibility index (Phi) is 6.06. The Morgan fingerprint density at radius 3 is 2.62 bits per heavy atom. The Hall–Kier alpha value is -1.36. The van der Waals surface area contributed by atoms with E-state index in [1.165, 1.54) is 27.7 Å². The summed E-state index contributed by atoms with van der Waals surface area (Å²) in [7, 11) is 0. The summed E-state index contributed by atoms with van der Waals surface area (Å²) in [6.07, 6.45) is 2.99. The second kappa shape index (κ2) is 8.12. The molecule has 0 atom stereocenters. The molecular formula is C22H24Br2N2. The van der Waals surface area contributed by atoms with Crippen LogP contribution in [0.1, 0.15) is 30.7 Å². The molecule has 2 aromatic carbocycles. The van der Waals surface area contributed by atoms with Crippen LogP contribution in [-0.2, 0) is 18.4 Å². The molecule has 1 aromatic heterocycles. The molecular weight excluding hydrogens is 452 g/mol. The molecule has 3 rings (SSSR count). The van der Waals surface area contributed by atoms with Crippen molar-refractivity contribution in [1.29, 1.82) is 0 Å². The molecule has 26 heavy (non-hydrogen) atoms. The molecule has 2 N–H and O–H groups in total. The predicted molar refractivity (Wildman–Crippen MR) is 119 cm³/mol. The van der Waals surface area contributed by atoms with E-state index >= 15 is 0 Å². The van der Waals surface area contributed by atoms with Gasteiger partial charge >= 0.3 is 0 Å². The van der Waals surface area contributed by atoms with E-state index in [1.807, 2.05) is 6.08 Å². The van der Waals surface area contributed by atoms with Gasteiger partial charge in [-0.2, -0.15) is 0 Å². The minimum Gasteiger partial charge on any atom is -0.357 e. The molecule has 0 unspecified atom stereocenters. The highest BCUT2D eigenvalue weighted by atomic mass is 79.9. The van der Waals surface area contributed by atoms with Crippen LogP contribution in [0.5, 0.6) is 0 Å².